The van der Waals surface area contributed by atoms with Gasteiger partial charge in [-0.15, -0.1) is 11.3 Å². The number of hydrogen-bond acceptors (Lipinski definition) is 6. The van der Waals surface area contributed by atoms with E-state index in [1.165, 1.54) is 34.8 Å². The van der Waals surface area contributed by atoms with Gasteiger partial charge in [0.15, 0.2) is 0 Å². The van der Waals surface area contributed by atoms with Crippen LogP contribution in [-0.4, -0.2) is 71.1 Å². The summed E-state index contributed by atoms with van der Waals surface area (Å²) in [4.78, 5) is 23.5. The third-order valence-electron chi connectivity index (χ3n) is 5.35. The zero-order chi connectivity index (χ0) is 17.1. The second kappa shape index (κ2) is 8.37. The SMILES string of the molecule is O=C(C[C@@H]1COCCN1Cc1nc2c(s1)CCCC2)N1CCSCC1. The minimum absolute atomic E-state index is 0.191. The van der Waals surface area contributed by atoms with E-state index in [0.717, 1.165) is 50.7 Å². The first-order valence-corrected chi connectivity index (χ1v) is 11.4. The highest BCUT2D eigenvalue weighted by atomic mass is 32.2. The number of rotatable bonds is 4. The molecule has 0 unspecified atom stereocenters. The number of carbonyl (C=O) groups is 1. The predicted molar refractivity (Wildman–Crippen MR) is 102 cm³/mol. The van der Waals surface area contributed by atoms with E-state index >= 15 is 0 Å². The number of thiazole rings is 1. The molecule has 7 heteroatoms. The molecule has 2 saturated heterocycles. The molecular formula is C18H27N3O2S2. The van der Waals surface area contributed by atoms with Crippen molar-refractivity contribution in [2.45, 2.75) is 44.7 Å². The number of fused-ring (bicyclic) bond motifs is 1. The molecule has 5 nitrogen and oxygen atoms in total. The van der Waals surface area contributed by atoms with Gasteiger partial charge < -0.3 is 9.64 Å². The lowest BCUT2D eigenvalue weighted by atomic mass is 10.0. The van der Waals surface area contributed by atoms with Gasteiger partial charge in [-0.3, -0.25) is 9.69 Å². The van der Waals surface area contributed by atoms with Crippen molar-refractivity contribution in [3.63, 3.8) is 0 Å². The Hall–Kier alpha value is -0.630. The second-order valence-electron chi connectivity index (χ2n) is 7.08. The van der Waals surface area contributed by atoms with Crippen LogP contribution in [-0.2, 0) is 28.9 Å². The van der Waals surface area contributed by atoms with Crippen molar-refractivity contribution in [1.82, 2.24) is 14.8 Å². The third-order valence-corrected chi connectivity index (χ3v) is 7.44. The van der Waals surface area contributed by atoms with Gasteiger partial charge in [0.2, 0.25) is 5.91 Å². The van der Waals surface area contributed by atoms with E-state index in [-0.39, 0.29) is 6.04 Å². The molecule has 1 aliphatic carbocycles. The van der Waals surface area contributed by atoms with Crippen molar-refractivity contribution >= 4 is 29.0 Å². The topological polar surface area (TPSA) is 45.7 Å². The normalized spacial score (nSPS) is 25.0. The van der Waals surface area contributed by atoms with Gasteiger partial charge in [0.1, 0.15) is 5.01 Å². The molecule has 0 radical (unpaired) electrons. The van der Waals surface area contributed by atoms with Gasteiger partial charge in [-0.1, -0.05) is 0 Å². The van der Waals surface area contributed by atoms with Crippen LogP contribution in [0.4, 0.5) is 0 Å². The highest BCUT2D eigenvalue weighted by Crippen LogP contribution is 2.28. The van der Waals surface area contributed by atoms with Gasteiger partial charge in [-0.2, -0.15) is 11.8 Å². The van der Waals surface area contributed by atoms with Gasteiger partial charge in [0, 0.05) is 48.5 Å². The number of nitrogens with zero attached hydrogens (tertiary/aromatic N) is 3. The van der Waals surface area contributed by atoms with Crippen LogP contribution in [0.3, 0.4) is 0 Å². The summed E-state index contributed by atoms with van der Waals surface area (Å²) in [5.74, 6) is 2.43. The van der Waals surface area contributed by atoms with Crippen molar-refractivity contribution in [3.05, 3.63) is 15.6 Å². The van der Waals surface area contributed by atoms with Crippen LogP contribution in [0.2, 0.25) is 0 Å². The quantitative estimate of drug-likeness (QED) is 0.800. The Kier molecular flexibility index (Phi) is 5.95. The molecule has 3 aliphatic rings. The smallest absolute Gasteiger partial charge is 0.224 e. The molecule has 1 aromatic rings. The number of thioether (sulfide) groups is 1. The highest BCUT2D eigenvalue weighted by Gasteiger charge is 2.29. The summed E-state index contributed by atoms with van der Waals surface area (Å²) in [6, 6.07) is 0.191. The lowest BCUT2D eigenvalue weighted by Gasteiger charge is -2.36. The minimum atomic E-state index is 0.191. The Morgan fingerprint density at radius 1 is 1.20 bits per heavy atom. The Morgan fingerprint density at radius 3 is 2.88 bits per heavy atom. The lowest BCUT2D eigenvalue weighted by molar-refractivity contribution is -0.134. The number of aromatic nitrogens is 1. The van der Waals surface area contributed by atoms with Gasteiger partial charge in [0.05, 0.1) is 25.5 Å². The molecule has 3 heterocycles. The molecule has 0 aromatic carbocycles. The molecule has 2 aliphatic heterocycles. The number of hydrogen-bond donors (Lipinski definition) is 0. The fourth-order valence-electron chi connectivity index (χ4n) is 3.88. The van der Waals surface area contributed by atoms with Crippen molar-refractivity contribution in [1.29, 1.82) is 0 Å². The fourth-order valence-corrected chi connectivity index (χ4v) is 5.96. The Morgan fingerprint density at radius 2 is 2.04 bits per heavy atom. The van der Waals surface area contributed by atoms with Gasteiger partial charge in [-0.05, 0) is 25.7 Å². The highest BCUT2D eigenvalue weighted by molar-refractivity contribution is 7.99. The molecule has 2 fully saturated rings. The van der Waals surface area contributed by atoms with E-state index in [4.69, 9.17) is 9.72 Å². The van der Waals surface area contributed by atoms with Gasteiger partial charge in [0.25, 0.3) is 0 Å². The maximum Gasteiger partial charge on any atom is 0.224 e. The fraction of sp³-hybridized carbons (Fsp3) is 0.778. The first kappa shape index (κ1) is 17.8. The first-order valence-electron chi connectivity index (χ1n) is 9.44. The maximum atomic E-state index is 12.6. The number of aryl methyl sites for hydroxylation is 2. The van der Waals surface area contributed by atoms with E-state index in [0.29, 0.717) is 18.9 Å². The number of amides is 1. The van der Waals surface area contributed by atoms with Crippen LogP contribution in [0.25, 0.3) is 0 Å². The van der Waals surface area contributed by atoms with Crippen LogP contribution in [0.5, 0.6) is 0 Å². The summed E-state index contributed by atoms with van der Waals surface area (Å²) >= 11 is 3.83. The molecule has 0 spiro atoms. The molecular weight excluding hydrogens is 354 g/mol. The average Bonchev–Trinajstić information content (AvgIpc) is 3.06. The van der Waals surface area contributed by atoms with E-state index in [2.05, 4.69) is 4.90 Å². The second-order valence-corrected chi connectivity index (χ2v) is 9.47. The number of carbonyl (C=O) groups excluding carboxylic acids is 1. The standard InChI is InChI=1S/C18H27N3O2S2/c22-18(20-6-9-24-10-7-20)11-14-13-23-8-5-21(14)12-17-19-15-3-1-2-4-16(15)25-17/h14H,1-13H2/t14-/m1/s1. The Balaban J connectivity index is 1.38. The molecule has 138 valence electrons. The number of ether oxygens (including phenoxy) is 1. The summed E-state index contributed by atoms with van der Waals surface area (Å²) < 4.78 is 5.69. The molecule has 1 atom stereocenters. The van der Waals surface area contributed by atoms with Gasteiger partial charge in [-0.25, -0.2) is 4.98 Å². The molecule has 0 N–H and O–H groups in total. The van der Waals surface area contributed by atoms with E-state index in [1.54, 1.807) is 0 Å². The molecule has 1 aromatic heterocycles. The van der Waals surface area contributed by atoms with E-state index in [9.17, 15) is 4.79 Å². The van der Waals surface area contributed by atoms with E-state index in [1.807, 2.05) is 28.0 Å². The monoisotopic (exact) mass is 381 g/mol. The summed E-state index contributed by atoms with van der Waals surface area (Å²) in [7, 11) is 0. The third kappa shape index (κ3) is 4.38. The van der Waals surface area contributed by atoms with Crippen molar-refractivity contribution in [2.75, 3.05) is 44.4 Å². The summed E-state index contributed by atoms with van der Waals surface area (Å²) in [6.45, 7) is 5.00. The summed E-state index contributed by atoms with van der Waals surface area (Å²) in [6.07, 6.45) is 5.50. The Labute approximate surface area is 158 Å². The summed E-state index contributed by atoms with van der Waals surface area (Å²) in [5.41, 5.74) is 1.33. The number of morpholine rings is 1. The molecule has 25 heavy (non-hydrogen) atoms. The zero-order valence-corrected chi connectivity index (χ0v) is 16.4. The molecule has 4 rings (SSSR count). The summed E-state index contributed by atoms with van der Waals surface area (Å²) in [5, 5.41) is 1.22. The molecule has 0 saturated carbocycles. The van der Waals surface area contributed by atoms with Crippen LogP contribution in [0.15, 0.2) is 0 Å². The van der Waals surface area contributed by atoms with Crippen LogP contribution < -0.4 is 0 Å². The Bertz CT molecular complexity index is 578. The minimum Gasteiger partial charge on any atom is -0.378 e. The lowest BCUT2D eigenvalue weighted by Crippen LogP contribution is -2.48. The average molecular weight is 382 g/mol. The van der Waals surface area contributed by atoms with Crippen LogP contribution >= 0.6 is 23.1 Å². The molecule has 1 amide bonds. The van der Waals surface area contributed by atoms with Crippen LogP contribution in [0.1, 0.15) is 34.8 Å². The van der Waals surface area contributed by atoms with Crippen molar-refractivity contribution in [3.8, 4) is 0 Å². The van der Waals surface area contributed by atoms with Gasteiger partial charge >= 0.3 is 0 Å². The molecule has 0 bridgehead atoms. The maximum absolute atomic E-state index is 12.6. The van der Waals surface area contributed by atoms with Crippen molar-refractivity contribution in [2.24, 2.45) is 0 Å². The van der Waals surface area contributed by atoms with E-state index < -0.39 is 0 Å². The zero-order valence-electron chi connectivity index (χ0n) is 14.7. The van der Waals surface area contributed by atoms with Crippen LogP contribution in [0, 0.1) is 0 Å². The predicted octanol–water partition coefficient (Wildman–Crippen LogP) is 2.19. The first-order chi connectivity index (χ1) is 12.3. The van der Waals surface area contributed by atoms with Crippen molar-refractivity contribution < 1.29 is 9.53 Å². The largest absolute Gasteiger partial charge is 0.378 e.